The Hall–Kier alpha value is -2.61. The average molecular weight is 485 g/mol. The Morgan fingerprint density at radius 3 is 2.40 bits per heavy atom. The van der Waals surface area contributed by atoms with Gasteiger partial charge < -0.3 is 9.64 Å². The Morgan fingerprint density at radius 1 is 0.933 bits per heavy atom. The smallest absolute Gasteiger partial charge is 0.140 e. The first-order valence-electron chi connectivity index (χ1n) is 9.41. The second-order valence-electron chi connectivity index (χ2n) is 6.60. The largest absolute Gasteiger partial charge is 0.378 e. The molecule has 1 saturated heterocycles. The molecular weight excluding hydrogens is 466 g/mol. The number of halogens is 2. The molecular formula is C22H19BrClN5O. The van der Waals surface area contributed by atoms with Gasteiger partial charge in [-0.3, -0.25) is 0 Å². The number of aromatic nitrogens is 4. The Bertz CT molecular complexity index is 1200. The summed E-state index contributed by atoms with van der Waals surface area (Å²) in [5.74, 6) is 0.993. The van der Waals surface area contributed by atoms with Crippen LogP contribution in [0.15, 0.2) is 60.1 Å². The van der Waals surface area contributed by atoms with Gasteiger partial charge in [-0.15, -0.1) is 0 Å². The van der Waals surface area contributed by atoms with Gasteiger partial charge >= 0.3 is 0 Å². The number of hydrogen-bond donors (Lipinski definition) is 0. The molecule has 0 spiro atoms. The van der Waals surface area contributed by atoms with E-state index in [0.29, 0.717) is 5.15 Å². The van der Waals surface area contributed by atoms with Crippen molar-refractivity contribution in [3.8, 4) is 0 Å². The van der Waals surface area contributed by atoms with Crippen LogP contribution in [0, 0.1) is 0 Å². The summed E-state index contributed by atoms with van der Waals surface area (Å²) in [5, 5.41) is 2.44. The van der Waals surface area contributed by atoms with Gasteiger partial charge in [0.2, 0.25) is 0 Å². The molecule has 1 aliphatic rings. The van der Waals surface area contributed by atoms with E-state index in [0.717, 1.165) is 64.0 Å². The van der Waals surface area contributed by atoms with Crippen molar-refractivity contribution in [2.45, 2.75) is 0 Å². The van der Waals surface area contributed by atoms with Crippen molar-refractivity contribution in [2.24, 2.45) is 0 Å². The van der Waals surface area contributed by atoms with Gasteiger partial charge in [0.1, 0.15) is 23.6 Å². The summed E-state index contributed by atoms with van der Waals surface area (Å²) in [4.78, 5) is 18.9. The number of benzene rings is 2. The number of anilines is 1. The molecule has 0 radical (unpaired) electrons. The number of hydrogen-bond acceptors (Lipinski definition) is 6. The molecule has 0 atom stereocenters. The zero-order valence-electron chi connectivity index (χ0n) is 16.1. The van der Waals surface area contributed by atoms with E-state index in [1.54, 1.807) is 6.33 Å². The summed E-state index contributed by atoms with van der Waals surface area (Å²) in [6.07, 6.45) is 4.93. The van der Waals surface area contributed by atoms with Gasteiger partial charge in [-0.2, -0.15) is 0 Å². The van der Waals surface area contributed by atoms with Crippen LogP contribution in [0.5, 0.6) is 0 Å². The highest BCUT2D eigenvalue weighted by Crippen LogP contribution is 2.25. The summed E-state index contributed by atoms with van der Waals surface area (Å²) >= 11 is 9.21. The molecule has 0 bridgehead atoms. The van der Waals surface area contributed by atoms with Gasteiger partial charge in [-0.05, 0) is 35.9 Å². The van der Waals surface area contributed by atoms with Crippen molar-refractivity contribution < 1.29 is 4.74 Å². The number of morpholine rings is 1. The lowest BCUT2D eigenvalue weighted by Crippen LogP contribution is -2.36. The predicted octanol–water partition coefficient (Wildman–Crippen LogP) is 5.16. The molecule has 2 aromatic heterocycles. The highest BCUT2D eigenvalue weighted by atomic mass is 79.9. The maximum Gasteiger partial charge on any atom is 0.140 e. The van der Waals surface area contributed by atoms with Crippen molar-refractivity contribution in [3.63, 3.8) is 0 Å². The molecule has 30 heavy (non-hydrogen) atoms. The molecule has 6 nitrogen and oxygen atoms in total. The summed E-state index contributed by atoms with van der Waals surface area (Å²) < 4.78 is 6.36. The minimum absolute atomic E-state index is 0.487. The number of nitrogens with zero attached hydrogens (tertiary/aromatic N) is 5. The van der Waals surface area contributed by atoms with E-state index in [1.807, 2.05) is 36.4 Å². The summed E-state index contributed by atoms with van der Waals surface area (Å²) in [5.41, 5.74) is 2.92. The van der Waals surface area contributed by atoms with Crippen LogP contribution in [0.1, 0.15) is 5.56 Å². The van der Waals surface area contributed by atoms with E-state index in [-0.39, 0.29) is 0 Å². The molecule has 0 aliphatic carbocycles. The predicted molar refractivity (Wildman–Crippen MR) is 125 cm³/mol. The van der Waals surface area contributed by atoms with Crippen LogP contribution in [0.2, 0.25) is 5.15 Å². The molecule has 5 rings (SSSR count). The molecule has 3 heterocycles. The molecule has 0 unspecified atom stereocenters. The SMILES string of the molecule is C=Cc1ccc2ncnc(N3CCOCC3)c2c1.Clc1ncnc2ccc(Br)cc12. The molecule has 2 aromatic carbocycles. The van der Waals surface area contributed by atoms with Gasteiger partial charge in [0, 0.05) is 28.3 Å². The standard InChI is InChI=1S/C14H15N3O.C8H4BrClN2/c1-2-11-3-4-13-12(9-11)14(16-10-15-13)17-5-7-18-8-6-17;9-5-1-2-7-6(3-5)8(10)12-4-11-7/h2-4,9-10H,1,5-8H2;1-4H. The Morgan fingerprint density at radius 2 is 1.63 bits per heavy atom. The highest BCUT2D eigenvalue weighted by Gasteiger charge is 2.15. The molecule has 1 fully saturated rings. The van der Waals surface area contributed by atoms with Crippen LogP contribution in [0.25, 0.3) is 27.9 Å². The maximum atomic E-state index is 5.86. The lowest BCUT2D eigenvalue weighted by molar-refractivity contribution is 0.122. The second kappa shape index (κ2) is 9.47. The molecule has 1 aliphatic heterocycles. The Balaban J connectivity index is 0.000000158. The van der Waals surface area contributed by atoms with Crippen LogP contribution < -0.4 is 4.90 Å². The number of fused-ring (bicyclic) bond motifs is 2. The molecule has 0 saturated carbocycles. The van der Waals surface area contributed by atoms with Gasteiger partial charge in [-0.1, -0.05) is 46.3 Å². The lowest BCUT2D eigenvalue weighted by Gasteiger charge is -2.28. The van der Waals surface area contributed by atoms with E-state index in [4.69, 9.17) is 16.3 Å². The van der Waals surface area contributed by atoms with Crippen molar-refractivity contribution in [2.75, 3.05) is 31.2 Å². The van der Waals surface area contributed by atoms with Crippen LogP contribution in [-0.2, 0) is 4.74 Å². The lowest BCUT2D eigenvalue weighted by atomic mass is 10.1. The third-order valence-electron chi connectivity index (χ3n) is 4.73. The minimum Gasteiger partial charge on any atom is -0.378 e. The third-order valence-corrected chi connectivity index (χ3v) is 5.53. The van der Waals surface area contributed by atoms with E-state index >= 15 is 0 Å². The summed E-state index contributed by atoms with van der Waals surface area (Å²) in [7, 11) is 0. The normalized spacial score (nSPS) is 13.7. The van der Waals surface area contributed by atoms with Crippen molar-refractivity contribution in [1.29, 1.82) is 0 Å². The fourth-order valence-corrected chi connectivity index (χ4v) is 3.77. The molecule has 0 amide bonds. The van der Waals surface area contributed by atoms with Gasteiger partial charge in [0.05, 0.1) is 24.2 Å². The first-order chi connectivity index (χ1) is 14.7. The zero-order valence-corrected chi connectivity index (χ0v) is 18.5. The number of rotatable bonds is 2. The molecule has 4 aromatic rings. The minimum atomic E-state index is 0.487. The van der Waals surface area contributed by atoms with E-state index in [1.165, 1.54) is 6.33 Å². The van der Waals surface area contributed by atoms with Crippen molar-refractivity contribution in [1.82, 2.24) is 19.9 Å². The average Bonchev–Trinajstić information content (AvgIpc) is 2.80. The summed E-state index contributed by atoms with van der Waals surface area (Å²) in [6, 6.07) is 11.8. The maximum absolute atomic E-state index is 5.86. The first-order valence-corrected chi connectivity index (χ1v) is 10.6. The van der Waals surface area contributed by atoms with Gasteiger partial charge in [0.15, 0.2) is 0 Å². The second-order valence-corrected chi connectivity index (χ2v) is 7.88. The van der Waals surface area contributed by atoms with Crippen LogP contribution >= 0.6 is 27.5 Å². The Labute approximate surface area is 187 Å². The Kier molecular flexibility index (Phi) is 6.52. The van der Waals surface area contributed by atoms with Gasteiger partial charge in [0.25, 0.3) is 0 Å². The highest BCUT2D eigenvalue weighted by molar-refractivity contribution is 9.10. The van der Waals surface area contributed by atoms with Crippen LogP contribution in [-0.4, -0.2) is 46.2 Å². The fraction of sp³-hybridized carbons (Fsp3) is 0.182. The molecule has 8 heteroatoms. The first kappa shape index (κ1) is 20.7. The van der Waals surface area contributed by atoms with Gasteiger partial charge in [-0.25, -0.2) is 19.9 Å². The third kappa shape index (κ3) is 4.59. The van der Waals surface area contributed by atoms with E-state index in [9.17, 15) is 0 Å². The summed E-state index contributed by atoms with van der Waals surface area (Å²) in [6.45, 7) is 7.08. The topological polar surface area (TPSA) is 64.0 Å². The van der Waals surface area contributed by atoms with Crippen molar-refractivity contribution in [3.05, 3.63) is 70.8 Å². The fourth-order valence-electron chi connectivity index (χ4n) is 3.21. The zero-order chi connectivity index (χ0) is 20.9. The molecule has 0 N–H and O–H groups in total. The van der Waals surface area contributed by atoms with Crippen LogP contribution in [0.3, 0.4) is 0 Å². The van der Waals surface area contributed by atoms with Crippen molar-refractivity contribution >= 4 is 61.2 Å². The van der Waals surface area contributed by atoms with E-state index in [2.05, 4.69) is 53.4 Å². The monoisotopic (exact) mass is 483 g/mol. The number of ether oxygens (including phenoxy) is 1. The van der Waals surface area contributed by atoms with Crippen LogP contribution in [0.4, 0.5) is 5.82 Å². The molecule has 152 valence electrons. The quantitative estimate of drug-likeness (QED) is 0.366. The van der Waals surface area contributed by atoms with E-state index < -0.39 is 0 Å².